The van der Waals surface area contributed by atoms with Crippen LogP contribution < -0.4 is 10.2 Å². The van der Waals surface area contributed by atoms with Crippen LogP contribution in [0.1, 0.15) is 42.5 Å². The molecule has 0 bridgehead atoms. The Kier molecular flexibility index (Phi) is 6.18. The summed E-state index contributed by atoms with van der Waals surface area (Å²) in [6, 6.07) is 10.5. The van der Waals surface area contributed by atoms with Crippen LogP contribution in [-0.4, -0.2) is 48.0 Å². The van der Waals surface area contributed by atoms with Crippen molar-refractivity contribution in [1.82, 2.24) is 15.2 Å². The largest absolute Gasteiger partial charge is 0.417 e. The first kappa shape index (κ1) is 21.6. The van der Waals surface area contributed by atoms with Gasteiger partial charge in [0.2, 0.25) is 5.91 Å². The number of carbonyl (C=O) groups excluding carboxylic acids is 1. The summed E-state index contributed by atoms with van der Waals surface area (Å²) >= 11 is 0. The number of alkyl halides is 3. The van der Waals surface area contributed by atoms with Gasteiger partial charge in [-0.2, -0.15) is 13.2 Å². The normalized spacial score (nSPS) is 20.8. The molecule has 2 aliphatic rings. The monoisotopic (exact) mass is 432 g/mol. The number of fused-ring (bicyclic) bond motifs is 1. The minimum atomic E-state index is -4.38. The van der Waals surface area contributed by atoms with E-state index in [1.807, 2.05) is 24.0 Å². The maximum Gasteiger partial charge on any atom is 0.417 e. The Labute approximate surface area is 180 Å². The molecule has 1 amide bonds. The number of aryl methyl sites for hydroxylation is 1. The lowest BCUT2D eigenvalue weighted by atomic mass is 9.87. The van der Waals surface area contributed by atoms with Gasteiger partial charge < -0.3 is 10.2 Å². The molecule has 0 spiro atoms. The zero-order valence-electron chi connectivity index (χ0n) is 17.5. The summed E-state index contributed by atoms with van der Waals surface area (Å²) in [4.78, 5) is 21.0. The first-order chi connectivity index (χ1) is 14.8. The van der Waals surface area contributed by atoms with Crippen molar-refractivity contribution >= 4 is 11.7 Å². The summed E-state index contributed by atoms with van der Waals surface area (Å²) in [5.74, 6) is 0.548. The van der Waals surface area contributed by atoms with E-state index in [1.165, 1.54) is 17.2 Å². The van der Waals surface area contributed by atoms with Gasteiger partial charge in [-0.25, -0.2) is 4.98 Å². The van der Waals surface area contributed by atoms with Crippen molar-refractivity contribution in [1.29, 1.82) is 0 Å². The smallest absolute Gasteiger partial charge is 0.354 e. The minimum Gasteiger partial charge on any atom is -0.354 e. The van der Waals surface area contributed by atoms with Crippen LogP contribution in [0.3, 0.4) is 0 Å². The molecule has 1 aliphatic heterocycles. The molecule has 2 aromatic rings. The van der Waals surface area contributed by atoms with Crippen LogP contribution in [0.15, 0.2) is 42.6 Å². The number of rotatable bonds is 4. The van der Waals surface area contributed by atoms with E-state index < -0.39 is 11.7 Å². The molecule has 0 radical (unpaired) electrons. The molecule has 1 saturated heterocycles. The molecule has 2 heterocycles. The molecule has 1 fully saturated rings. The summed E-state index contributed by atoms with van der Waals surface area (Å²) in [5.41, 5.74) is 1.78. The summed E-state index contributed by atoms with van der Waals surface area (Å²) in [5, 5.41) is 3.22. The van der Waals surface area contributed by atoms with Crippen molar-refractivity contribution in [3.63, 3.8) is 0 Å². The number of nitrogens with one attached hydrogen (secondary N) is 1. The van der Waals surface area contributed by atoms with E-state index in [9.17, 15) is 18.0 Å². The number of halogens is 3. The number of carbonyl (C=O) groups is 1. The summed E-state index contributed by atoms with van der Waals surface area (Å²) < 4.78 is 38.2. The predicted molar refractivity (Wildman–Crippen MR) is 113 cm³/mol. The van der Waals surface area contributed by atoms with Gasteiger partial charge in [0.25, 0.3) is 0 Å². The summed E-state index contributed by atoms with van der Waals surface area (Å²) in [6.07, 6.45) is -0.443. The van der Waals surface area contributed by atoms with E-state index >= 15 is 0 Å². The number of piperazine rings is 1. The molecule has 166 valence electrons. The predicted octanol–water partition coefficient (Wildman–Crippen LogP) is 3.80. The van der Waals surface area contributed by atoms with Crippen LogP contribution in [0.25, 0.3) is 0 Å². The Morgan fingerprint density at radius 2 is 1.87 bits per heavy atom. The van der Waals surface area contributed by atoms with Crippen LogP contribution in [0.2, 0.25) is 0 Å². The molecule has 5 nitrogen and oxygen atoms in total. The third-order valence-corrected chi connectivity index (χ3v) is 6.33. The summed E-state index contributed by atoms with van der Waals surface area (Å²) in [7, 11) is 0. The van der Waals surface area contributed by atoms with E-state index in [1.54, 1.807) is 0 Å². The van der Waals surface area contributed by atoms with Gasteiger partial charge in [-0.05, 0) is 49.4 Å². The topological polar surface area (TPSA) is 48.5 Å². The van der Waals surface area contributed by atoms with E-state index in [-0.39, 0.29) is 18.0 Å². The fourth-order valence-corrected chi connectivity index (χ4v) is 4.44. The van der Waals surface area contributed by atoms with E-state index in [0.29, 0.717) is 32.0 Å². The lowest BCUT2D eigenvalue weighted by Gasteiger charge is -2.38. The van der Waals surface area contributed by atoms with E-state index in [2.05, 4.69) is 27.3 Å². The zero-order chi connectivity index (χ0) is 22.0. The summed E-state index contributed by atoms with van der Waals surface area (Å²) in [6.45, 7) is 4.44. The molecule has 1 aromatic heterocycles. The van der Waals surface area contributed by atoms with E-state index in [4.69, 9.17) is 0 Å². The first-order valence-electron chi connectivity index (χ1n) is 10.7. The number of amides is 1. The Balaban J connectivity index is 1.32. The molecule has 31 heavy (non-hydrogen) atoms. The fraction of sp³-hybridized carbons (Fsp3) is 0.478. The van der Waals surface area contributed by atoms with Crippen molar-refractivity contribution in [2.45, 2.75) is 44.4 Å². The standard InChI is InChI=1S/C23H27F3N4O/c1-16(22(31)28-20-8-4-6-17-5-2-3-7-19(17)20)29-11-13-30(14-12-29)21-10-9-18(15-27-21)23(24,25)26/h2-3,5,7,9-10,15-16,20H,4,6,8,11-14H2,1H3,(H,28,31). The van der Waals surface area contributed by atoms with Crippen molar-refractivity contribution in [3.05, 3.63) is 59.3 Å². The second kappa shape index (κ2) is 8.86. The number of nitrogens with zero attached hydrogens (tertiary/aromatic N) is 3. The van der Waals surface area contributed by atoms with Crippen molar-refractivity contribution in [3.8, 4) is 0 Å². The minimum absolute atomic E-state index is 0.0165. The Morgan fingerprint density at radius 1 is 1.13 bits per heavy atom. The molecule has 0 saturated carbocycles. The third-order valence-electron chi connectivity index (χ3n) is 6.33. The van der Waals surface area contributed by atoms with Gasteiger partial charge in [-0.1, -0.05) is 24.3 Å². The highest BCUT2D eigenvalue weighted by Gasteiger charge is 2.32. The number of benzene rings is 1. The number of hydrogen-bond acceptors (Lipinski definition) is 4. The van der Waals surface area contributed by atoms with Crippen LogP contribution in [0.4, 0.5) is 19.0 Å². The Morgan fingerprint density at radius 3 is 2.55 bits per heavy atom. The lowest BCUT2D eigenvalue weighted by Crippen LogP contribution is -2.54. The highest BCUT2D eigenvalue weighted by molar-refractivity contribution is 5.82. The van der Waals surface area contributed by atoms with Crippen LogP contribution in [0, 0.1) is 0 Å². The lowest BCUT2D eigenvalue weighted by molar-refractivity contribution is -0.137. The molecule has 2 atom stereocenters. The van der Waals surface area contributed by atoms with Gasteiger partial charge in [0.15, 0.2) is 0 Å². The average Bonchev–Trinajstić information content (AvgIpc) is 2.78. The third kappa shape index (κ3) is 4.84. The highest BCUT2D eigenvalue weighted by Crippen LogP contribution is 2.30. The van der Waals surface area contributed by atoms with Crippen LogP contribution >= 0.6 is 0 Å². The van der Waals surface area contributed by atoms with Crippen molar-refractivity contribution < 1.29 is 18.0 Å². The highest BCUT2D eigenvalue weighted by atomic mass is 19.4. The maximum atomic E-state index is 12.9. The van der Waals surface area contributed by atoms with Gasteiger partial charge >= 0.3 is 6.18 Å². The van der Waals surface area contributed by atoms with Gasteiger partial charge in [0.1, 0.15) is 5.82 Å². The van der Waals surface area contributed by atoms with Gasteiger partial charge in [-0.15, -0.1) is 0 Å². The molecule has 4 rings (SSSR count). The quantitative estimate of drug-likeness (QED) is 0.799. The Bertz CT molecular complexity index is 908. The molecule has 1 aromatic carbocycles. The van der Waals surface area contributed by atoms with Gasteiger partial charge in [-0.3, -0.25) is 9.69 Å². The Hall–Kier alpha value is -2.61. The van der Waals surface area contributed by atoms with Crippen LogP contribution in [-0.2, 0) is 17.4 Å². The second-order valence-corrected chi connectivity index (χ2v) is 8.25. The van der Waals surface area contributed by atoms with Crippen molar-refractivity contribution in [2.24, 2.45) is 0 Å². The van der Waals surface area contributed by atoms with Crippen molar-refractivity contribution in [2.75, 3.05) is 31.1 Å². The molecule has 8 heteroatoms. The second-order valence-electron chi connectivity index (χ2n) is 8.25. The van der Waals surface area contributed by atoms with E-state index in [0.717, 1.165) is 31.5 Å². The van der Waals surface area contributed by atoms with Crippen LogP contribution in [0.5, 0.6) is 0 Å². The number of anilines is 1. The molecular weight excluding hydrogens is 405 g/mol. The maximum absolute atomic E-state index is 12.9. The number of hydrogen-bond donors (Lipinski definition) is 1. The zero-order valence-corrected chi connectivity index (χ0v) is 17.5. The fourth-order valence-electron chi connectivity index (χ4n) is 4.44. The SMILES string of the molecule is CC(C(=O)NC1CCCc2ccccc21)N1CCN(c2ccc(C(F)(F)F)cn2)CC1. The average molecular weight is 432 g/mol. The molecule has 2 unspecified atom stereocenters. The number of aromatic nitrogens is 1. The molecule has 1 aliphatic carbocycles. The first-order valence-corrected chi connectivity index (χ1v) is 10.7. The van der Waals surface area contributed by atoms with Gasteiger partial charge in [0.05, 0.1) is 17.6 Å². The number of pyridine rings is 1. The van der Waals surface area contributed by atoms with Gasteiger partial charge in [0, 0.05) is 32.4 Å². The molecular formula is C23H27F3N4O. The molecule has 1 N–H and O–H groups in total.